The summed E-state index contributed by atoms with van der Waals surface area (Å²) in [5, 5.41) is 8.57. The number of halogens is 3. The number of nitrogens with one attached hydrogen (secondary N) is 1. The number of sulfonamides is 1. The van der Waals surface area contributed by atoms with Crippen LogP contribution in [0, 0.1) is 5.92 Å². The van der Waals surface area contributed by atoms with Crippen LogP contribution in [0.4, 0.5) is 13.2 Å². The van der Waals surface area contributed by atoms with Crippen molar-refractivity contribution < 1.29 is 31.5 Å². The quantitative estimate of drug-likeness (QED) is 0.608. The van der Waals surface area contributed by atoms with Gasteiger partial charge in [0.25, 0.3) is 0 Å². The summed E-state index contributed by atoms with van der Waals surface area (Å²) in [4.78, 5) is 10.4. The third-order valence-corrected chi connectivity index (χ3v) is 4.56. The summed E-state index contributed by atoms with van der Waals surface area (Å²) in [5.41, 5.74) is 0. The monoisotopic (exact) mass is 333 g/mol. The molecule has 0 amide bonds. The fourth-order valence-electron chi connectivity index (χ4n) is 1.83. The van der Waals surface area contributed by atoms with E-state index in [9.17, 15) is 26.4 Å². The maximum Gasteiger partial charge on any atom is 0.389 e. The second-order valence-corrected chi connectivity index (χ2v) is 6.85. The Morgan fingerprint density at radius 2 is 1.90 bits per heavy atom. The molecule has 0 aliphatic heterocycles. The lowest BCUT2D eigenvalue weighted by atomic mass is 9.97. The van der Waals surface area contributed by atoms with E-state index < -0.39 is 40.8 Å². The van der Waals surface area contributed by atoms with Gasteiger partial charge in [0.05, 0.1) is 5.75 Å². The van der Waals surface area contributed by atoms with Crippen molar-refractivity contribution in [2.24, 2.45) is 5.92 Å². The molecular formula is C12H22F3NO4S. The number of aliphatic carboxylic acids is 1. The van der Waals surface area contributed by atoms with Crippen molar-refractivity contribution in [3.63, 3.8) is 0 Å². The Bertz CT molecular complexity index is 409. The minimum atomic E-state index is -4.35. The summed E-state index contributed by atoms with van der Waals surface area (Å²) in [7, 11) is -3.71. The summed E-state index contributed by atoms with van der Waals surface area (Å²) in [6.07, 6.45) is -4.25. The molecule has 5 nitrogen and oxygen atoms in total. The SMILES string of the molecule is CCC(CCNS(=O)(=O)CCCC(F)(F)F)CCC(=O)O. The smallest absolute Gasteiger partial charge is 0.389 e. The molecule has 0 radical (unpaired) electrons. The minimum absolute atomic E-state index is 0.0246. The van der Waals surface area contributed by atoms with Gasteiger partial charge in [-0.15, -0.1) is 0 Å². The first-order chi connectivity index (χ1) is 9.56. The van der Waals surface area contributed by atoms with E-state index in [0.717, 1.165) is 6.42 Å². The van der Waals surface area contributed by atoms with Crippen LogP contribution in [-0.4, -0.2) is 38.0 Å². The first-order valence-corrected chi connectivity index (χ1v) is 8.47. The maximum absolute atomic E-state index is 11.9. The van der Waals surface area contributed by atoms with Gasteiger partial charge in [-0.25, -0.2) is 13.1 Å². The lowest BCUT2D eigenvalue weighted by Gasteiger charge is -2.14. The number of carboxylic acids is 1. The summed E-state index contributed by atoms with van der Waals surface area (Å²) in [6, 6.07) is 0. The lowest BCUT2D eigenvalue weighted by molar-refractivity contribution is -0.137. The second-order valence-electron chi connectivity index (χ2n) is 4.93. The minimum Gasteiger partial charge on any atom is -0.481 e. The van der Waals surface area contributed by atoms with E-state index in [1.165, 1.54) is 0 Å². The highest BCUT2D eigenvalue weighted by Gasteiger charge is 2.27. The second kappa shape index (κ2) is 9.24. The molecule has 0 aromatic heterocycles. The first kappa shape index (κ1) is 20.2. The summed E-state index contributed by atoms with van der Waals surface area (Å²) >= 11 is 0. The first-order valence-electron chi connectivity index (χ1n) is 6.81. The van der Waals surface area contributed by atoms with E-state index in [4.69, 9.17) is 5.11 Å². The molecule has 0 bridgehead atoms. The van der Waals surface area contributed by atoms with Gasteiger partial charge in [0.1, 0.15) is 0 Å². The van der Waals surface area contributed by atoms with E-state index in [2.05, 4.69) is 4.72 Å². The van der Waals surface area contributed by atoms with Crippen molar-refractivity contribution in [3.8, 4) is 0 Å². The molecule has 1 unspecified atom stereocenters. The zero-order valence-electron chi connectivity index (χ0n) is 11.9. The van der Waals surface area contributed by atoms with Crippen LogP contribution in [0.5, 0.6) is 0 Å². The zero-order valence-corrected chi connectivity index (χ0v) is 12.8. The third kappa shape index (κ3) is 12.6. The van der Waals surface area contributed by atoms with Gasteiger partial charge in [0.2, 0.25) is 10.0 Å². The third-order valence-electron chi connectivity index (χ3n) is 3.09. The topological polar surface area (TPSA) is 83.5 Å². The Morgan fingerprint density at radius 1 is 1.29 bits per heavy atom. The van der Waals surface area contributed by atoms with Gasteiger partial charge < -0.3 is 5.11 Å². The average molecular weight is 333 g/mol. The average Bonchev–Trinajstić information content (AvgIpc) is 2.31. The van der Waals surface area contributed by atoms with Gasteiger partial charge in [-0.3, -0.25) is 4.79 Å². The Labute approximate surface area is 123 Å². The molecule has 0 aromatic carbocycles. The van der Waals surface area contributed by atoms with Crippen molar-refractivity contribution in [1.82, 2.24) is 4.72 Å². The normalized spacial score (nSPS) is 14.1. The van der Waals surface area contributed by atoms with E-state index in [1.807, 2.05) is 6.92 Å². The molecule has 0 spiro atoms. The fraction of sp³-hybridized carbons (Fsp3) is 0.917. The molecule has 0 aromatic rings. The highest BCUT2D eigenvalue weighted by molar-refractivity contribution is 7.89. The van der Waals surface area contributed by atoms with E-state index in [0.29, 0.717) is 12.8 Å². The van der Waals surface area contributed by atoms with Gasteiger partial charge in [0, 0.05) is 19.4 Å². The number of hydrogen-bond acceptors (Lipinski definition) is 3. The highest BCUT2D eigenvalue weighted by Crippen LogP contribution is 2.21. The van der Waals surface area contributed by atoms with Crippen LogP contribution in [0.25, 0.3) is 0 Å². The molecule has 0 saturated carbocycles. The van der Waals surface area contributed by atoms with Crippen molar-refractivity contribution in [1.29, 1.82) is 0 Å². The van der Waals surface area contributed by atoms with Crippen molar-refractivity contribution >= 4 is 16.0 Å². The maximum atomic E-state index is 11.9. The van der Waals surface area contributed by atoms with Gasteiger partial charge >= 0.3 is 12.1 Å². The van der Waals surface area contributed by atoms with Crippen LogP contribution < -0.4 is 4.72 Å². The van der Waals surface area contributed by atoms with Gasteiger partial charge in [-0.05, 0) is 25.2 Å². The summed E-state index contributed by atoms with van der Waals surface area (Å²) < 4.78 is 61.0. The number of rotatable bonds is 11. The summed E-state index contributed by atoms with van der Waals surface area (Å²) in [6.45, 7) is 2.00. The fourth-order valence-corrected chi connectivity index (χ4v) is 2.93. The molecular weight excluding hydrogens is 311 g/mol. The summed E-state index contributed by atoms with van der Waals surface area (Å²) in [5.74, 6) is -1.38. The molecule has 2 N–H and O–H groups in total. The van der Waals surface area contributed by atoms with E-state index >= 15 is 0 Å². The molecule has 9 heteroatoms. The predicted molar refractivity (Wildman–Crippen MR) is 72.3 cm³/mol. The van der Waals surface area contributed by atoms with E-state index in [-0.39, 0.29) is 18.9 Å². The molecule has 0 aliphatic rings. The molecule has 0 fully saturated rings. The van der Waals surface area contributed by atoms with Crippen LogP contribution in [0.2, 0.25) is 0 Å². The van der Waals surface area contributed by atoms with Gasteiger partial charge in [-0.1, -0.05) is 13.3 Å². The molecule has 0 saturated heterocycles. The van der Waals surface area contributed by atoms with Gasteiger partial charge in [0.15, 0.2) is 0 Å². The van der Waals surface area contributed by atoms with E-state index in [1.54, 1.807) is 0 Å². The molecule has 126 valence electrons. The Hall–Kier alpha value is -0.830. The van der Waals surface area contributed by atoms with Crippen LogP contribution >= 0.6 is 0 Å². The van der Waals surface area contributed by atoms with Crippen LogP contribution in [0.1, 0.15) is 45.4 Å². The van der Waals surface area contributed by atoms with Crippen LogP contribution in [0.15, 0.2) is 0 Å². The van der Waals surface area contributed by atoms with Gasteiger partial charge in [-0.2, -0.15) is 13.2 Å². The van der Waals surface area contributed by atoms with Crippen LogP contribution in [-0.2, 0) is 14.8 Å². The Morgan fingerprint density at radius 3 is 2.38 bits per heavy atom. The number of carbonyl (C=O) groups is 1. The van der Waals surface area contributed by atoms with Crippen molar-refractivity contribution in [3.05, 3.63) is 0 Å². The zero-order chi connectivity index (χ0) is 16.5. The molecule has 0 rings (SSSR count). The largest absolute Gasteiger partial charge is 0.481 e. The molecule has 1 atom stereocenters. The Balaban J connectivity index is 3.99. The van der Waals surface area contributed by atoms with Crippen LogP contribution in [0.3, 0.4) is 0 Å². The molecule has 0 heterocycles. The highest BCUT2D eigenvalue weighted by atomic mass is 32.2. The number of alkyl halides is 3. The number of hydrogen-bond donors (Lipinski definition) is 2. The predicted octanol–water partition coefficient (Wildman–Crippen LogP) is 2.53. The number of carboxylic acid groups (broad SMARTS) is 1. The molecule has 21 heavy (non-hydrogen) atoms. The molecule has 0 aliphatic carbocycles. The Kier molecular flexibility index (Phi) is 8.88. The standard InChI is InChI=1S/C12H22F3NO4S/c1-2-10(4-5-11(17)18)6-8-16-21(19,20)9-3-7-12(13,14)15/h10,16H,2-9H2,1H3,(H,17,18). The van der Waals surface area contributed by atoms with Crippen molar-refractivity contribution in [2.75, 3.05) is 12.3 Å². The van der Waals surface area contributed by atoms with Crippen molar-refractivity contribution in [2.45, 2.75) is 51.6 Å². The lowest BCUT2D eigenvalue weighted by Crippen LogP contribution is -2.29.